The van der Waals surface area contributed by atoms with Gasteiger partial charge in [0.25, 0.3) is 0 Å². The first-order valence-corrected chi connectivity index (χ1v) is 6.45. The number of nitriles is 2. The van der Waals surface area contributed by atoms with Gasteiger partial charge >= 0.3 is 0 Å². The lowest BCUT2D eigenvalue weighted by atomic mass is 10.1. The van der Waals surface area contributed by atoms with Crippen LogP contribution in [0.25, 0.3) is 0 Å². The average Bonchev–Trinajstić information content (AvgIpc) is 2.56. The highest BCUT2D eigenvalue weighted by Gasteiger charge is 2.04. The number of aliphatic hydroxyl groups excluding tert-OH is 1. The van der Waals surface area contributed by atoms with Crippen molar-refractivity contribution in [2.45, 2.75) is 12.5 Å². The molecule has 2 rings (SSSR count). The van der Waals surface area contributed by atoms with E-state index in [1.165, 1.54) is 0 Å². The molecule has 0 aliphatic heterocycles. The molecule has 0 radical (unpaired) electrons. The summed E-state index contributed by atoms with van der Waals surface area (Å²) in [6, 6.07) is 20.1. The zero-order valence-electron chi connectivity index (χ0n) is 11.6. The molecule has 3 nitrogen and oxygen atoms in total. The number of nitrogens with zero attached hydrogens (tertiary/aromatic N) is 2. The van der Waals surface area contributed by atoms with Crippen LogP contribution in [0.2, 0.25) is 0 Å². The van der Waals surface area contributed by atoms with Gasteiger partial charge in [-0.25, -0.2) is 0 Å². The summed E-state index contributed by atoms with van der Waals surface area (Å²) in [7, 11) is 0. The molecule has 1 atom stereocenters. The van der Waals surface area contributed by atoms with Crippen LogP contribution in [0.1, 0.15) is 29.2 Å². The molecule has 0 heterocycles. The van der Waals surface area contributed by atoms with Crippen LogP contribution < -0.4 is 0 Å². The lowest BCUT2D eigenvalue weighted by Gasteiger charge is -2.07. The predicted molar refractivity (Wildman–Crippen MR) is 82.1 cm³/mol. The third-order valence-corrected chi connectivity index (χ3v) is 2.72. The summed E-state index contributed by atoms with van der Waals surface area (Å²) >= 11 is 0. The van der Waals surface area contributed by atoms with Gasteiger partial charge in [-0.1, -0.05) is 36.4 Å². The number of rotatable bonds is 3. The van der Waals surface area contributed by atoms with Gasteiger partial charge in [-0.3, -0.25) is 0 Å². The highest BCUT2D eigenvalue weighted by atomic mass is 16.3. The molecule has 0 aromatic heterocycles. The van der Waals surface area contributed by atoms with E-state index in [9.17, 15) is 5.11 Å². The highest BCUT2D eigenvalue weighted by molar-refractivity contribution is 5.32. The minimum Gasteiger partial charge on any atom is -0.388 e. The van der Waals surface area contributed by atoms with Crippen molar-refractivity contribution in [3.8, 4) is 12.1 Å². The lowest BCUT2D eigenvalue weighted by Crippen LogP contribution is -1.94. The van der Waals surface area contributed by atoms with Crippen LogP contribution in [0.5, 0.6) is 0 Å². The molecule has 0 saturated carbocycles. The second kappa shape index (κ2) is 9.09. The molecule has 0 bridgehead atoms. The first-order valence-electron chi connectivity index (χ1n) is 6.45. The van der Waals surface area contributed by atoms with Crippen LogP contribution >= 0.6 is 0 Å². The molecule has 0 amide bonds. The summed E-state index contributed by atoms with van der Waals surface area (Å²) in [6.45, 7) is 3.55. The third-order valence-electron chi connectivity index (χ3n) is 2.72. The quantitative estimate of drug-likeness (QED) is 0.868. The Morgan fingerprint density at radius 1 is 0.952 bits per heavy atom. The summed E-state index contributed by atoms with van der Waals surface area (Å²) in [5.74, 6) is 0. The fourth-order valence-electron chi connectivity index (χ4n) is 1.59. The SMILES string of the molecule is C=CCC(O)c1ccc(C#N)cc1.N#Cc1ccccc1. The second-order valence-electron chi connectivity index (χ2n) is 4.25. The van der Waals surface area contributed by atoms with E-state index in [0.29, 0.717) is 17.5 Å². The summed E-state index contributed by atoms with van der Waals surface area (Å²) in [5, 5.41) is 26.4. The molecule has 1 N–H and O–H groups in total. The topological polar surface area (TPSA) is 67.8 Å². The van der Waals surface area contributed by atoms with E-state index >= 15 is 0 Å². The number of hydrogen-bond donors (Lipinski definition) is 1. The van der Waals surface area contributed by atoms with E-state index < -0.39 is 6.10 Å². The van der Waals surface area contributed by atoms with Gasteiger partial charge < -0.3 is 5.11 Å². The second-order valence-corrected chi connectivity index (χ2v) is 4.25. The van der Waals surface area contributed by atoms with Crippen molar-refractivity contribution >= 4 is 0 Å². The number of hydrogen-bond acceptors (Lipinski definition) is 3. The molecular formula is C18H16N2O. The van der Waals surface area contributed by atoms with Crippen molar-refractivity contribution in [1.29, 1.82) is 10.5 Å². The Kier molecular flexibility index (Phi) is 7.00. The van der Waals surface area contributed by atoms with Crippen LogP contribution in [0.15, 0.2) is 67.3 Å². The van der Waals surface area contributed by atoms with E-state index in [-0.39, 0.29) is 0 Å². The third kappa shape index (κ3) is 5.74. The van der Waals surface area contributed by atoms with Crippen molar-refractivity contribution in [2.24, 2.45) is 0 Å². The van der Waals surface area contributed by atoms with E-state index in [1.54, 1.807) is 42.5 Å². The van der Waals surface area contributed by atoms with Gasteiger partial charge in [-0.05, 0) is 36.2 Å². The van der Waals surface area contributed by atoms with Gasteiger partial charge in [-0.15, -0.1) is 6.58 Å². The minimum absolute atomic E-state index is 0.509. The lowest BCUT2D eigenvalue weighted by molar-refractivity contribution is 0.181. The van der Waals surface area contributed by atoms with Crippen LogP contribution in [0.4, 0.5) is 0 Å². The molecule has 0 fully saturated rings. The van der Waals surface area contributed by atoms with Gasteiger partial charge in [0.1, 0.15) is 0 Å². The fraction of sp³-hybridized carbons (Fsp3) is 0.111. The Morgan fingerprint density at radius 2 is 1.48 bits per heavy atom. The summed E-state index contributed by atoms with van der Waals surface area (Å²) < 4.78 is 0. The normalized spacial score (nSPS) is 10.2. The Labute approximate surface area is 125 Å². The zero-order valence-corrected chi connectivity index (χ0v) is 11.6. The van der Waals surface area contributed by atoms with Crippen LogP contribution in [0.3, 0.4) is 0 Å². The highest BCUT2D eigenvalue weighted by Crippen LogP contribution is 2.16. The fourth-order valence-corrected chi connectivity index (χ4v) is 1.59. The van der Waals surface area contributed by atoms with Gasteiger partial charge in [0.2, 0.25) is 0 Å². The molecule has 104 valence electrons. The van der Waals surface area contributed by atoms with Crippen LogP contribution in [0, 0.1) is 22.7 Å². The maximum Gasteiger partial charge on any atom is 0.0991 e. The van der Waals surface area contributed by atoms with Crippen molar-refractivity contribution < 1.29 is 5.11 Å². The van der Waals surface area contributed by atoms with Gasteiger partial charge in [0.05, 0.1) is 29.4 Å². The first-order chi connectivity index (χ1) is 10.2. The molecule has 0 aliphatic rings. The van der Waals surface area contributed by atoms with Crippen LogP contribution in [-0.4, -0.2) is 5.11 Å². The largest absolute Gasteiger partial charge is 0.388 e. The maximum absolute atomic E-state index is 9.53. The predicted octanol–water partition coefficient (Wildman–Crippen LogP) is 3.73. The molecule has 1 unspecified atom stereocenters. The van der Waals surface area contributed by atoms with E-state index in [1.807, 2.05) is 30.3 Å². The standard InChI is InChI=1S/C11H11NO.C7H5N/c1-2-3-11(13)10-6-4-9(8-12)5-7-10;8-6-7-4-2-1-3-5-7/h2,4-7,11,13H,1,3H2;1-5H. The van der Waals surface area contributed by atoms with Crippen molar-refractivity contribution in [1.82, 2.24) is 0 Å². The molecule has 2 aromatic carbocycles. The van der Waals surface area contributed by atoms with E-state index in [4.69, 9.17) is 10.5 Å². The van der Waals surface area contributed by atoms with Gasteiger partial charge in [0, 0.05) is 0 Å². The molecule has 0 saturated heterocycles. The number of benzene rings is 2. The van der Waals surface area contributed by atoms with E-state index in [2.05, 4.69) is 6.58 Å². The Morgan fingerprint density at radius 3 is 1.90 bits per heavy atom. The first kappa shape index (κ1) is 16.2. The van der Waals surface area contributed by atoms with Gasteiger partial charge in [-0.2, -0.15) is 10.5 Å². The summed E-state index contributed by atoms with van der Waals surface area (Å²) in [4.78, 5) is 0. The Balaban J connectivity index is 0.000000235. The Bertz CT molecular complexity index is 634. The molecule has 0 aliphatic carbocycles. The van der Waals surface area contributed by atoms with Crippen molar-refractivity contribution in [3.05, 3.63) is 83.9 Å². The summed E-state index contributed by atoms with van der Waals surface area (Å²) in [6.07, 6.45) is 1.69. The van der Waals surface area contributed by atoms with Gasteiger partial charge in [0.15, 0.2) is 0 Å². The molecular weight excluding hydrogens is 260 g/mol. The zero-order chi connectivity index (χ0) is 15.5. The molecule has 21 heavy (non-hydrogen) atoms. The smallest absolute Gasteiger partial charge is 0.0991 e. The Hall–Kier alpha value is -2.88. The molecule has 0 spiro atoms. The monoisotopic (exact) mass is 276 g/mol. The van der Waals surface area contributed by atoms with Crippen LogP contribution in [-0.2, 0) is 0 Å². The summed E-state index contributed by atoms with van der Waals surface area (Å²) in [5.41, 5.74) is 2.14. The average molecular weight is 276 g/mol. The molecule has 2 aromatic rings. The van der Waals surface area contributed by atoms with Crippen molar-refractivity contribution in [3.63, 3.8) is 0 Å². The minimum atomic E-state index is -0.509. The maximum atomic E-state index is 9.53. The van der Waals surface area contributed by atoms with Crippen molar-refractivity contribution in [2.75, 3.05) is 0 Å². The number of aliphatic hydroxyl groups is 1. The molecule has 3 heteroatoms. The van der Waals surface area contributed by atoms with E-state index in [0.717, 1.165) is 5.56 Å².